The maximum Gasteiger partial charge on any atom is 0.472 e. The first-order valence-electron chi connectivity index (χ1n) is 29.6. The van der Waals surface area contributed by atoms with E-state index in [2.05, 4.69) is 19.2 Å². The summed E-state index contributed by atoms with van der Waals surface area (Å²) in [4.78, 5) is 23.3. The second-order valence-corrected chi connectivity index (χ2v) is 23.2. The maximum atomic E-state index is 13.0. The molecule has 1 amide bonds. The van der Waals surface area contributed by atoms with Crippen molar-refractivity contribution >= 4 is 13.7 Å². The molecule has 0 aromatic carbocycles. The fraction of sp³-hybridized carbons (Fsp3) is 0.948. The van der Waals surface area contributed by atoms with Gasteiger partial charge in [-0.05, 0) is 19.3 Å². The highest BCUT2D eigenvalue weighted by atomic mass is 31.2. The van der Waals surface area contributed by atoms with E-state index in [0.717, 1.165) is 32.1 Å². The van der Waals surface area contributed by atoms with Crippen molar-refractivity contribution in [3.8, 4) is 0 Å². The van der Waals surface area contributed by atoms with Gasteiger partial charge in [0.2, 0.25) is 5.91 Å². The summed E-state index contributed by atoms with van der Waals surface area (Å²) in [5, 5.41) is 13.9. The second kappa shape index (κ2) is 50.2. The molecule has 0 aliphatic rings. The number of phosphoric acid groups is 1. The lowest BCUT2D eigenvalue weighted by Gasteiger charge is -2.25. The van der Waals surface area contributed by atoms with E-state index < -0.39 is 20.0 Å². The van der Waals surface area contributed by atoms with Crippen molar-refractivity contribution in [1.29, 1.82) is 0 Å². The molecule has 0 aromatic heterocycles. The van der Waals surface area contributed by atoms with E-state index in [9.17, 15) is 19.4 Å². The predicted octanol–water partition coefficient (Wildman–Crippen LogP) is 17.8. The molecule has 8 nitrogen and oxygen atoms in total. The number of hydrogen-bond donors (Lipinski definition) is 3. The number of nitrogens with one attached hydrogen (secondary N) is 1. The van der Waals surface area contributed by atoms with Gasteiger partial charge < -0.3 is 19.8 Å². The van der Waals surface area contributed by atoms with Crippen LogP contribution in [0.15, 0.2) is 12.2 Å². The third-order valence-corrected chi connectivity index (χ3v) is 14.7. The highest BCUT2D eigenvalue weighted by Crippen LogP contribution is 2.43. The van der Waals surface area contributed by atoms with Crippen LogP contribution in [0.4, 0.5) is 0 Å². The highest BCUT2D eigenvalue weighted by Gasteiger charge is 2.27. The molecule has 400 valence electrons. The summed E-state index contributed by atoms with van der Waals surface area (Å²) in [6.07, 6.45) is 61.8. The molecule has 0 aliphatic carbocycles. The minimum Gasteiger partial charge on any atom is -0.387 e. The number of unbranched alkanes of at least 4 members (excludes halogenated alkanes) is 42. The van der Waals surface area contributed by atoms with Gasteiger partial charge in [-0.1, -0.05) is 289 Å². The van der Waals surface area contributed by atoms with Crippen LogP contribution < -0.4 is 5.32 Å². The zero-order chi connectivity index (χ0) is 49.2. The average molecular weight is 971 g/mol. The van der Waals surface area contributed by atoms with Crippen molar-refractivity contribution in [2.45, 2.75) is 315 Å². The zero-order valence-electron chi connectivity index (χ0n) is 45.7. The zero-order valence-corrected chi connectivity index (χ0v) is 46.6. The summed E-state index contributed by atoms with van der Waals surface area (Å²) in [6.45, 7) is 4.86. The first-order valence-corrected chi connectivity index (χ1v) is 31.1. The van der Waals surface area contributed by atoms with E-state index in [1.54, 1.807) is 6.08 Å². The third kappa shape index (κ3) is 52.9. The molecule has 0 rings (SSSR count). The van der Waals surface area contributed by atoms with Gasteiger partial charge in [-0.3, -0.25) is 13.8 Å². The summed E-state index contributed by atoms with van der Waals surface area (Å²) in [6, 6.07) is -0.841. The smallest absolute Gasteiger partial charge is 0.387 e. The molecular weight excluding hydrogens is 852 g/mol. The SMILES string of the molecule is CCCCCCCCCCCCCCC/C=C/C(O)C(COP(=O)(O)OCC[N+](C)(C)C)NC(=O)CCCCCCCCCCCCCCCCCCCCCCCCCCCCCCCC. The molecule has 0 saturated heterocycles. The topological polar surface area (TPSA) is 105 Å². The molecule has 0 heterocycles. The third-order valence-electron chi connectivity index (χ3n) is 13.8. The van der Waals surface area contributed by atoms with Crippen LogP contribution >= 0.6 is 7.82 Å². The normalized spacial score (nSPS) is 14.0. The number of carbonyl (C=O) groups excluding carboxylic acids is 1. The van der Waals surface area contributed by atoms with Gasteiger partial charge in [-0.15, -0.1) is 0 Å². The molecule has 0 spiro atoms. The van der Waals surface area contributed by atoms with E-state index in [1.807, 2.05) is 27.2 Å². The van der Waals surface area contributed by atoms with E-state index in [1.165, 1.54) is 250 Å². The lowest BCUT2D eigenvalue weighted by atomic mass is 10.0. The van der Waals surface area contributed by atoms with Gasteiger partial charge in [0.05, 0.1) is 39.9 Å². The molecule has 3 atom stereocenters. The maximum absolute atomic E-state index is 13.0. The van der Waals surface area contributed by atoms with Gasteiger partial charge >= 0.3 is 7.82 Å². The first-order chi connectivity index (χ1) is 32.5. The Balaban J connectivity index is 4.03. The number of carbonyl (C=O) groups is 1. The number of amides is 1. The Morgan fingerprint density at radius 2 is 0.791 bits per heavy atom. The van der Waals surface area contributed by atoms with Crippen LogP contribution in [0.25, 0.3) is 0 Å². The standard InChI is InChI=1S/C58H117N2O6P/c1-6-8-10-12-14-16-18-20-22-23-24-25-26-27-28-29-30-31-32-33-34-35-36-38-40-42-44-46-48-50-52-58(62)59-56(55-66-67(63,64)65-54-53-60(3,4)5)57(61)51-49-47-45-43-41-39-37-21-19-17-15-13-11-9-7-2/h49,51,56-57,61H,6-48,50,52-55H2,1-5H3,(H-,59,62,63,64)/p+1/b51-49+. The van der Waals surface area contributed by atoms with E-state index >= 15 is 0 Å². The number of nitrogens with zero attached hydrogens (tertiary/aromatic N) is 1. The lowest BCUT2D eigenvalue weighted by Crippen LogP contribution is -2.45. The quantitative estimate of drug-likeness (QED) is 0.0243. The number of likely N-dealkylation sites (N-methyl/N-ethyl adjacent to an activating group) is 1. The van der Waals surface area contributed by atoms with E-state index in [0.29, 0.717) is 17.4 Å². The summed E-state index contributed by atoms with van der Waals surface area (Å²) in [7, 11) is 1.59. The number of aliphatic hydroxyl groups excluding tert-OH is 1. The summed E-state index contributed by atoms with van der Waals surface area (Å²) in [5.41, 5.74) is 0. The fourth-order valence-electron chi connectivity index (χ4n) is 9.10. The van der Waals surface area contributed by atoms with Gasteiger partial charge in [0.1, 0.15) is 13.2 Å². The molecular formula is C58H118N2O6P+. The van der Waals surface area contributed by atoms with Gasteiger partial charge in [0.25, 0.3) is 0 Å². The minimum atomic E-state index is -4.34. The minimum absolute atomic E-state index is 0.0650. The Bertz CT molecular complexity index is 1100. The van der Waals surface area contributed by atoms with Gasteiger partial charge in [-0.2, -0.15) is 0 Å². The van der Waals surface area contributed by atoms with E-state index in [-0.39, 0.29) is 19.1 Å². The van der Waals surface area contributed by atoms with Crippen molar-refractivity contribution < 1.29 is 32.9 Å². The molecule has 0 aromatic rings. The van der Waals surface area contributed by atoms with Crippen molar-refractivity contribution in [3.05, 3.63) is 12.2 Å². The number of rotatable bonds is 55. The average Bonchev–Trinajstić information content (AvgIpc) is 3.29. The Morgan fingerprint density at radius 3 is 1.10 bits per heavy atom. The van der Waals surface area contributed by atoms with Crippen LogP contribution in [0.3, 0.4) is 0 Å². The summed E-state index contributed by atoms with van der Waals surface area (Å²) >= 11 is 0. The number of quaternary nitrogens is 1. The van der Waals surface area contributed by atoms with Crippen LogP contribution in [-0.4, -0.2) is 73.4 Å². The van der Waals surface area contributed by atoms with Crippen LogP contribution in [0, 0.1) is 0 Å². The van der Waals surface area contributed by atoms with Gasteiger partial charge in [0, 0.05) is 6.42 Å². The molecule has 0 aliphatic heterocycles. The van der Waals surface area contributed by atoms with Crippen molar-refractivity contribution in [2.75, 3.05) is 40.9 Å². The lowest BCUT2D eigenvalue weighted by molar-refractivity contribution is -0.870. The summed E-state index contributed by atoms with van der Waals surface area (Å²) < 4.78 is 23.7. The van der Waals surface area contributed by atoms with E-state index in [4.69, 9.17) is 9.05 Å². The highest BCUT2D eigenvalue weighted by molar-refractivity contribution is 7.47. The van der Waals surface area contributed by atoms with Crippen LogP contribution in [0.2, 0.25) is 0 Å². The number of allylic oxidation sites excluding steroid dienone is 1. The molecule has 67 heavy (non-hydrogen) atoms. The first kappa shape index (κ1) is 66.2. The summed E-state index contributed by atoms with van der Waals surface area (Å²) in [5.74, 6) is -0.170. The number of hydrogen-bond acceptors (Lipinski definition) is 5. The Labute approximate surface area is 418 Å². The molecule has 3 N–H and O–H groups in total. The van der Waals surface area contributed by atoms with Crippen molar-refractivity contribution in [2.24, 2.45) is 0 Å². The second-order valence-electron chi connectivity index (χ2n) is 21.7. The number of aliphatic hydroxyl groups is 1. The fourth-order valence-corrected chi connectivity index (χ4v) is 9.84. The molecule has 3 unspecified atom stereocenters. The predicted molar refractivity (Wildman–Crippen MR) is 291 cm³/mol. The largest absolute Gasteiger partial charge is 0.472 e. The van der Waals surface area contributed by atoms with Crippen LogP contribution in [0.1, 0.15) is 303 Å². The number of phosphoric ester groups is 1. The van der Waals surface area contributed by atoms with Crippen LogP contribution in [-0.2, 0) is 18.4 Å². The Morgan fingerprint density at radius 1 is 0.493 bits per heavy atom. The Kier molecular flexibility index (Phi) is 49.6. The molecule has 0 fully saturated rings. The van der Waals surface area contributed by atoms with Crippen molar-refractivity contribution in [3.63, 3.8) is 0 Å². The molecule has 0 radical (unpaired) electrons. The Hall–Kier alpha value is -0.760. The van der Waals surface area contributed by atoms with Crippen LogP contribution in [0.5, 0.6) is 0 Å². The van der Waals surface area contributed by atoms with Crippen molar-refractivity contribution in [1.82, 2.24) is 5.32 Å². The molecule has 9 heteroatoms. The molecule has 0 saturated carbocycles. The monoisotopic (exact) mass is 970 g/mol. The molecule has 0 bridgehead atoms. The van der Waals surface area contributed by atoms with Gasteiger partial charge in [0.15, 0.2) is 0 Å². The van der Waals surface area contributed by atoms with Gasteiger partial charge in [-0.25, -0.2) is 4.57 Å².